The van der Waals surface area contributed by atoms with E-state index in [0.29, 0.717) is 18.1 Å². The predicted molar refractivity (Wildman–Crippen MR) is 124 cm³/mol. The summed E-state index contributed by atoms with van der Waals surface area (Å²) in [5.74, 6) is 0.0876. The Morgan fingerprint density at radius 1 is 1.22 bits per heavy atom. The molecular formula is C20H15ClFN5O3S2. The average Bonchev–Trinajstić information content (AvgIpc) is 3.31. The van der Waals surface area contributed by atoms with Gasteiger partial charge in [-0.2, -0.15) is 13.5 Å². The summed E-state index contributed by atoms with van der Waals surface area (Å²) in [6.45, 7) is 0.300. The minimum absolute atomic E-state index is 0.00214. The van der Waals surface area contributed by atoms with Gasteiger partial charge in [-0.15, -0.1) is 11.3 Å². The fraction of sp³-hybridized carbons (Fsp3) is 0.150. The monoisotopic (exact) mass is 491 g/mol. The smallest absolute Gasteiger partial charge is 0.264 e. The first-order valence-electron chi connectivity index (χ1n) is 9.38. The average molecular weight is 492 g/mol. The first-order valence-corrected chi connectivity index (χ1v) is 12.4. The topological polar surface area (TPSA) is 99.0 Å². The highest BCUT2D eigenvalue weighted by Crippen LogP contribution is 2.40. The van der Waals surface area contributed by atoms with Crippen molar-refractivity contribution in [3.05, 3.63) is 53.7 Å². The zero-order valence-corrected chi connectivity index (χ0v) is 18.9. The Balaban J connectivity index is 1.56. The van der Waals surface area contributed by atoms with Crippen LogP contribution in [0.4, 0.5) is 15.9 Å². The summed E-state index contributed by atoms with van der Waals surface area (Å²) in [4.78, 5) is 9.57. The molecule has 1 N–H and O–H groups in total. The van der Waals surface area contributed by atoms with Gasteiger partial charge in [-0.3, -0.25) is 8.86 Å². The Hall–Kier alpha value is -2.86. The van der Waals surface area contributed by atoms with Gasteiger partial charge in [0.2, 0.25) is 0 Å². The van der Waals surface area contributed by atoms with Crippen molar-refractivity contribution in [3.63, 3.8) is 0 Å². The van der Waals surface area contributed by atoms with Crippen molar-refractivity contribution >= 4 is 75.8 Å². The van der Waals surface area contributed by atoms with E-state index in [-0.39, 0.29) is 11.6 Å². The van der Waals surface area contributed by atoms with E-state index in [2.05, 4.69) is 20.4 Å². The number of hydrogen-bond acceptors (Lipinski definition) is 8. The molecule has 0 radical (unpaired) electrons. The van der Waals surface area contributed by atoms with Gasteiger partial charge in [0.25, 0.3) is 10.1 Å². The number of nitrogens with zero attached hydrogens (tertiary/aromatic N) is 4. The van der Waals surface area contributed by atoms with Crippen molar-refractivity contribution < 1.29 is 17.0 Å². The van der Waals surface area contributed by atoms with Gasteiger partial charge in [0, 0.05) is 27.4 Å². The van der Waals surface area contributed by atoms with Crippen LogP contribution in [0.3, 0.4) is 0 Å². The van der Waals surface area contributed by atoms with E-state index in [0.717, 1.165) is 37.5 Å². The molecule has 0 saturated carbocycles. The van der Waals surface area contributed by atoms with Crippen LogP contribution in [-0.4, -0.2) is 41.0 Å². The van der Waals surface area contributed by atoms with Crippen LogP contribution in [0.15, 0.2) is 42.9 Å². The molecule has 3 aromatic heterocycles. The zero-order chi connectivity index (χ0) is 22.5. The minimum atomic E-state index is -3.50. The number of hydrogen-bond donors (Lipinski definition) is 1. The van der Waals surface area contributed by atoms with Crippen molar-refractivity contribution in [3.8, 4) is 0 Å². The van der Waals surface area contributed by atoms with Gasteiger partial charge in [-0.05, 0) is 24.3 Å². The maximum Gasteiger partial charge on any atom is 0.264 e. The van der Waals surface area contributed by atoms with Gasteiger partial charge in [-0.1, -0.05) is 17.7 Å². The molecule has 0 unspecified atom stereocenters. The molecule has 12 heteroatoms. The standard InChI is InChI=1S/C20H15ClFN5O3S2/c1-32(28,29)30-7-6-27-9-13-16(26-27)5-3-12-17-19(23-10-24-20(17)31-18(12)13)25-11-2-4-15(22)14(21)8-11/h2-5,8-10H,6-7H2,1H3,(H,23,24,25). The molecule has 3 heterocycles. The third-order valence-corrected chi connectivity index (χ3v) is 6.80. The highest BCUT2D eigenvalue weighted by atomic mass is 35.5. The molecule has 2 aromatic carbocycles. The van der Waals surface area contributed by atoms with Crippen molar-refractivity contribution in [1.29, 1.82) is 0 Å². The van der Waals surface area contributed by atoms with Crippen LogP contribution < -0.4 is 5.32 Å². The Bertz CT molecular complexity index is 1600. The maximum atomic E-state index is 13.5. The van der Waals surface area contributed by atoms with E-state index in [1.807, 2.05) is 18.3 Å². The van der Waals surface area contributed by atoms with Crippen LogP contribution in [0.2, 0.25) is 5.02 Å². The van der Waals surface area contributed by atoms with Gasteiger partial charge in [0.15, 0.2) is 0 Å². The maximum absolute atomic E-state index is 13.5. The lowest BCUT2D eigenvalue weighted by atomic mass is 10.1. The minimum Gasteiger partial charge on any atom is -0.340 e. The number of halogens is 2. The Morgan fingerprint density at radius 2 is 2.06 bits per heavy atom. The highest BCUT2D eigenvalue weighted by Gasteiger charge is 2.16. The van der Waals surface area contributed by atoms with Crippen LogP contribution in [0.5, 0.6) is 0 Å². The molecule has 0 saturated heterocycles. The van der Waals surface area contributed by atoms with Gasteiger partial charge >= 0.3 is 0 Å². The molecule has 0 fully saturated rings. The number of benzene rings is 2. The van der Waals surface area contributed by atoms with E-state index in [9.17, 15) is 12.8 Å². The normalized spacial score (nSPS) is 12.2. The van der Waals surface area contributed by atoms with E-state index in [4.69, 9.17) is 15.8 Å². The van der Waals surface area contributed by atoms with Crippen molar-refractivity contribution in [2.24, 2.45) is 0 Å². The number of thiophene rings is 1. The van der Waals surface area contributed by atoms with E-state index in [1.165, 1.54) is 29.8 Å². The third kappa shape index (κ3) is 3.99. The van der Waals surface area contributed by atoms with Gasteiger partial charge in [-0.25, -0.2) is 14.4 Å². The summed E-state index contributed by atoms with van der Waals surface area (Å²) in [6.07, 6.45) is 4.34. The summed E-state index contributed by atoms with van der Waals surface area (Å²) < 4.78 is 43.3. The summed E-state index contributed by atoms with van der Waals surface area (Å²) in [5, 5.41) is 10.4. The van der Waals surface area contributed by atoms with Crippen molar-refractivity contribution in [2.45, 2.75) is 6.54 Å². The molecular weight excluding hydrogens is 477 g/mol. The van der Waals surface area contributed by atoms with E-state index >= 15 is 0 Å². The molecule has 0 spiro atoms. The SMILES string of the molecule is CS(=O)(=O)OCCn1cc2c(ccc3c2sc2ncnc(Nc4ccc(F)c(Cl)c4)c23)n1. The lowest BCUT2D eigenvalue weighted by molar-refractivity contribution is 0.298. The Kier molecular flexibility index (Phi) is 5.20. The van der Waals surface area contributed by atoms with Crippen LogP contribution in [0, 0.1) is 5.82 Å². The molecule has 5 rings (SSSR count). The van der Waals surface area contributed by atoms with Crippen LogP contribution in [0.1, 0.15) is 0 Å². The largest absolute Gasteiger partial charge is 0.340 e. The van der Waals surface area contributed by atoms with Crippen molar-refractivity contribution in [1.82, 2.24) is 19.7 Å². The number of nitrogens with one attached hydrogen (secondary N) is 1. The van der Waals surface area contributed by atoms with Gasteiger partial charge in [0.05, 0.1) is 35.3 Å². The summed E-state index contributed by atoms with van der Waals surface area (Å²) >= 11 is 7.41. The van der Waals surface area contributed by atoms with E-state index < -0.39 is 15.9 Å². The first kappa shape index (κ1) is 21.0. The molecule has 8 nitrogen and oxygen atoms in total. The molecule has 0 aliphatic carbocycles. The number of anilines is 2. The van der Waals surface area contributed by atoms with Gasteiger partial charge < -0.3 is 5.32 Å². The van der Waals surface area contributed by atoms with Crippen LogP contribution in [-0.2, 0) is 20.8 Å². The molecule has 0 bridgehead atoms. The molecule has 164 valence electrons. The molecule has 5 aromatic rings. The quantitative estimate of drug-likeness (QED) is 0.343. The molecule has 0 aliphatic heterocycles. The van der Waals surface area contributed by atoms with Crippen molar-refractivity contribution in [2.75, 3.05) is 18.2 Å². The van der Waals surface area contributed by atoms with E-state index in [1.54, 1.807) is 10.7 Å². The second kappa shape index (κ2) is 7.93. The second-order valence-corrected chi connectivity index (χ2v) is 10.1. The number of aromatic nitrogens is 4. The predicted octanol–water partition coefficient (Wildman–Crippen LogP) is 4.71. The molecule has 32 heavy (non-hydrogen) atoms. The third-order valence-electron chi connectivity index (χ3n) is 4.77. The Labute approximate surface area is 190 Å². The summed E-state index contributed by atoms with van der Waals surface area (Å²) in [7, 11) is -3.50. The molecule has 0 atom stereocenters. The summed E-state index contributed by atoms with van der Waals surface area (Å²) in [6, 6.07) is 8.22. The first-order chi connectivity index (χ1) is 15.3. The number of rotatable bonds is 6. The fourth-order valence-electron chi connectivity index (χ4n) is 3.41. The highest BCUT2D eigenvalue weighted by molar-refractivity contribution is 7.85. The second-order valence-electron chi connectivity index (χ2n) is 7.05. The van der Waals surface area contributed by atoms with Gasteiger partial charge in [0.1, 0.15) is 22.8 Å². The lowest BCUT2D eigenvalue weighted by Crippen LogP contribution is -2.10. The fourth-order valence-corrected chi connectivity index (χ4v) is 5.12. The zero-order valence-electron chi connectivity index (χ0n) is 16.5. The van der Waals surface area contributed by atoms with Crippen LogP contribution in [0.25, 0.3) is 31.2 Å². The van der Waals surface area contributed by atoms with Crippen LogP contribution >= 0.6 is 22.9 Å². The number of fused-ring (bicyclic) bond motifs is 5. The lowest BCUT2D eigenvalue weighted by Gasteiger charge is -2.07. The molecule has 0 aliphatic rings. The summed E-state index contributed by atoms with van der Waals surface area (Å²) in [5.41, 5.74) is 1.38. The Morgan fingerprint density at radius 3 is 2.84 bits per heavy atom. The molecule has 0 amide bonds.